The van der Waals surface area contributed by atoms with Gasteiger partial charge in [0.1, 0.15) is 5.82 Å². The van der Waals surface area contributed by atoms with Crippen molar-refractivity contribution in [3.05, 3.63) is 17.0 Å². The van der Waals surface area contributed by atoms with E-state index in [1.807, 2.05) is 13.0 Å². The van der Waals surface area contributed by atoms with Gasteiger partial charge in [-0.3, -0.25) is 4.90 Å². The first-order valence-corrected chi connectivity index (χ1v) is 6.98. The van der Waals surface area contributed by atoms with E-state index in [2.05, 4.69) is 33.6 Å². The number of piperazine rings is 1. The molecule has 1 aliphatic rings. The van der Waals surface area contributed by atoms with Gasteiger partial charge >= 0.3 is 0 Å². The summed E-state index contributed by atoms with van der Waals surface area (Å²) in [6.07, 6.45) is 1.21. The number of halogens is 1. The minimum Gasteiger partial charge on any atom is -0.354 e. The average Bonchev–Trinajstić information content (AvgIpc) is 2.37. The van der Waals surface area contributed by atoms with Gasteiger partial charge in [-0.25, -0.2) is 9.97 Å². The maximum absolute atomic E-state index is 5.91. The molecule has 100 valence electrons. The molecule has 1 fully saturated rings. The molecule has 2 heterocycles. The molecule has 1 atom stereocenters. The van der Waals surface area contributed by atoms with E-state index < -0.39 is 0 Å². The van der Waals surface area contributed by atoms with Crippen LogP contribution in [0.3, 0.4) is 0 Å². The summed E-state index contributed by atoms with van der Waals surface area (Å²) < 4.78 is 0. The van der Waals surface area contributed by atoms with Gasteiger partial charge in [0.25, 0.3) is 0 Å². The molecule has 1 aliphatic heterocycles. The van der Waals surface area contributed by atoms with Crippen LogP contribution >= 0.6 is 11.6 Å². The van der Waals surface area contributed by atoms with E-state index in [9.17, 15) is 0 Å². The highest BCUT2D eigenvalue weighted by Crippen LogP contribution is 2.18. The normalized spacial score (nSPS) is 19.0. The van der Waals surface area contributed by atoms with Crippen LogP contribution in [0.4, 0.5) is 5.82 Å². The molecule has 0 saturated carbocycles. The molecule has 0 N–H and O–H groups in total. The van der Waals surface area contributed by atoms with Crippen molar-refractivity contribution in [1.29, 1.82) is 0 Å². The van der Waals surface area contributed by atoms with Crippen LogP contribution in [-0.4, -0.2) is 47.1 Å². The third kappa shape index (κ3) is 3.12. The van der Waals surface area contributed by atoms with Crippen molar-refractivity contribution in [1.82, 2.24) is 14.9 Å². The summed E-state index contributed by atoms with van der Waals surface area (Å²) in [4.78, 5) is 13.2. The van der Waals surface area contributed by atoms with Crippen LogP contribution in [0, 0.1) is 6.92 Å². The second-order valence-corrected chi connectivity index (χ2v) is 5.25. The quantitative estimate of drug-likeness (QED) is 0.788. The lowest BCUT2D eigenvalue weighted by molar-refractivity contribution is 0.192. The fraction of sp³-hybridized carbons (Fsp3) is 0.692. The van der Waals surface area contributed by atoms with E-state index in [1.165, 1.54) is 6.42 Å². The Labute approximate surface area is 114 Å². The van der Waals surface area contributed by atoms with Crippen LogP contribution in [0.2, 0.25) is 5.28 Å². The number of aryl methyl sites for hydroxylation is 1. The van der Waals surface area contributed by atoms with Gasteiger partial charge in [0.2, 0.25) is 5.28 Å². The zero-order valence-electron chi connectivity index (χ0n) is 11.4. The van der Waals surface area contributed by atoms with Crippen LogP contribution in [0.1, 0.15) is 26.0 Å². The Bertz CT molecular complexity index is 382. The molecule has 5 heteroatoms. The first-order chi connectivity index (χ1) is 8.60. The molecule has 1 saturated heterocycles. The number of hydrogen-bond donors (Lipinski definition) is 0. The Kier molecular flexibility index (Phi) is 4.40. The Morgan fingerprint density at radius 3 is 2.50 bits per heavy atom. The van der Waals surface area contributed by atoms with E-state index in [1.54, 1.807) is 0 Å². The first kappa shape index (κ1) is 13.6. The summed E-state index contributed by atoms with van der Waals surface area (Å²) in [6, 6.07) is 2.67. The second-order valence-electron chi connectivity index (χ2n) is 4.92. The third-order valence-electron chi connectivity index (χ3n) is 3.67. The minimum atomic E-state index is 0.342. The summed E-state index contributed by atoms with van der Waals surface area (Å²) in [7, 11) is 0. The van der Waals surface area contributed by atoms with Crippen molar-refractivity contribution in [2.75, 3.05) is 31.1 Å². The van der Waals surface area contributed by atoms with Gasteiger partial charge in [-0.1, -0.05) is 6.92 Å². The predicted octanol–water partition coefficient (Wildman–Crippen LogP) is 2.36. The predicted molar refractivity (Wildman–Crippen MR) is 75.3 cm³/mol. The van der Waals surface area contributed by atoms with Gasteiger partial charge in [0, 0.05) is 44.0 Å². The highest BCUT2D eigenvalue weighted by atomic mass is 35.5. The Morgan fingerprint density at radius 2 is 1.94 bits per heavy atom. The zero-order chi connectivity index (χ0) is 13.1. The minimum absolute atomic E-state index is 0.342. The fourth-order valence-corrected chi connectivity index (χ4v) is 2.55. The molecule has 2 rings (SSSR count). The molecule has 1 aromatic heterocycles. The maximum atomic E-state index is 5.91. The molecule has 0 spiro atoms. The van der Waals surface area contributed by atoms with E-state index >= 15 is 0 Å². The Morgan fingerprint density at radius 1 is 1.28 bits per heavy atom. The summed E-state index contributed by atoms with van der Waals surface area (Å²) in [5.74, 6) is 0.955. The van der Waals surface area contributed by atoms with Crippen LogP contribution in [0.15, 0.2) is 6.07 Å². The van der Waals surface area contributed by atoms with Gasteiger partial charge in [0.15, 0.2) is 0 Å². The van der Waals surface area contributed by atoms with E-state index in [-0.39, 0.29) is 0 Å². The van der Waals surface area contributed by atoms with Crippen molar-refractivity contribution in [3.63, 3.8) is 0 Å². The van der Waals surface area contributed by atoms with Crippen molar-refractivity contribution in [3.8, 4) is 0 Å². The van der Waals surface area contributed by atoms with Crippen molar-refractivity contribution in [2.45, 2.75) is 33.2 Å². The largest absolute Gasteiger partial charge is 0.354 e. The lowest BCUT2D eigenvalue weighted by Gasteiger charge is -2.38. The summed E-state index contributed by atoms with van der Waals surface area (Å²) in [5, 5.41) is 0.342. The van der Waals surface area contributed by atoms with Crippen molar-refractivity contribution >= 4 is 17.4 Å². The Balaban J connectivity index is 2.01. The van der Waals surface area contributed by atoms with Crippen molar-refractivity contribution < 1.29 is 0 Å². The molecule has 18 heavy (non-hydrogen) atoms. The fourth-order valence-electron chi connectivity index (χ4n) is 2.33. The number of anilines is 1. The summed E-state index contributed by atoms with van der Waals surface area (Å²) in [5.41, 5.74) is 0.925. The van der Waals surface area contributed by atoms with E-state index in [4.69, 9.17) is 11.6 Å². The monoisotopic (exact) mass is 268 g/mol. The van der Waals surface area contributed by atoms with Gasteiger partial charge in [-0.15, -0.1) is 0 Å². The van der Waals surface area contributed by atoms with Gasteiger partial charge in [-0.2, -0.15) is 0 Å². The van der Waals surface area contributed by atoms with Crippen LogP contribution in [-0.2, 0) is 0 Å². The number of aromatic nitrogens is 2. The molecule has 0 bridgehead atoms. The van der Waals surface area contributed by atoms with E-state index in [0.29, 0.717) is 11.3 Å². The van der Waals surface area contributed by atoms with Crippen LogP contribution in [0.25, 0.3) is 0 Å². The second kappa shape index (κ2) is 5.85. The smallest absolute Gasteiger partial charge is 0.224 e. The first-order valence-electron chi connectivity index (χ1n) is 6.60. The lowest BCUT2D eigenvalue weighted by atomic mass is 10.2. The van der Waals surface area contributed by atoms with Crippen molar-refractivity contribution in [2.24, 2.45) is 0 Å². The highest BCUT2D eigenvalue weighted by Gasteiger charge is 2.21. The molecule has 1 unspecified atom stereocenters. The third-order valence-corrected chi connectivity index (χ3v) is 3.83. The van der Waals surface area contributed by atoms with Gasteiger partial charge < -0.3 is 4.90 Å². The van der Waals surface area contributed by atoms with Gasteiger partial charge in [0.05, 0.1) is 0 Å². The Hall–Kier alpha value is -0.870. The number of hydrogen-bond acceptors (Lipinski definition) is 4. The standard InChI is InChI=1S/C13H21ClN4/c1-4-11(3)17-5-7-18(8-6-17)12-9-10(2)15-13(14)16-12/h9,11H,4-8H2,1-3H3. The highest BCUT2D eigenvalue weighted by molar-refractivity contribution is 6.28. The van der Waals surface area contributed by atoms with Gasteiger partial charge in [-0.05, 0) is 31.9 Å². The zero-order valence-corrected chi connectivity index (χ0v) is 12.1. The maximum Gasteiger partial charge on any atom is 0.224 e. The number of rotatable bonds is 3. The molecule has 4 nitrogen and oxygen atoms in total. The van der Waals surface area contributed by atoms with Crippen LogP contribution < -0.4 is 4.90 Å². The molecule has 0 amide bonds. The van der Waals surface area contributed by atoms with Crippen LogP contribution in [0.5, 0.6) is 0 Å². The summed E-state index contributed by atoms with van der Waals surface area (Å²) in [6.45, 7) is 10.7. The number of nitrogens with zero attached hydrogens (tertiary/aromatic N) is 4. The molecule has 1 aromatic rings. The topological polar surface area (TPSA) is 32.3 Å². The SMILES string of the molecule is CCC(C)N1CCN(c2cc(C)nc(Cl)n2)CC1. The average molecular weight is 269 g/mol. The molecular weight excluding hydrogens is 248 g/mol. The van der Waals surface area contributed by atoms with E-state index in [0.717, 1.165) is 37.7 Å². The molecule has 0 radical (unpaired) electrons. The summed E-state index contributed by atoms with van der Waals surface area (Å²) >= 11 is 5.91. The lowest BCUT2D eigenvalue weighted by Crippen LogP contribution is -2.49. The molecule has 0 aliphatic carbocycles. The molecule has 0 aromatic carbocycles. The molecular formula is C13H21ClN4.